The van der Waals surface area contributed by atoms with E-state index in [0.29, 0.717) is 13.0 Å². The molecule has 9 heteroatoms. The smallest absolute Gasteiger partial charge is 0.337 e. The molecule has 2 rings (SSSR count). The summed E-state index contributed by atoms with van der Waals surface area (Å²) < 4.78 is 25.9. The Morgan fingerprint density at radius 1 is 1.33 bits per heavy atom. The Hall–Kier alpha value is -2.00. The van der Waals surface area contributed by atoms with Gasteiger partial charge in [-0.3, -0.25) is 4.79 Å². The van der Waals surface area contributed by atoms with Gasteiger partial charge in [0.05, 0.1) is 12.1 Å². The van der Waals surface area contributed by atoms with Crippen molar-refractivity contribution in [2.75, 3.05) is 26.7 Å². The molecule has 0 saturated carbocycles. The highest BCUT2D eigenvalue weighted by atomic mass is 32.2. The second-order valence-corrected chi connectivity index (χ2v) is 6.58. The largest absolute Gasteiger partial charge is 0.478 e. The monoisotopic (exact) mass is 313 g/mol. The number of rotatable bonds is 3. The number of sulfonamides is 1. The van der Waals surface area contributed by atoms with Gasteiger partial charge in [-0.15, -0.1) is 0 Å². The van der Waals surface area contributed by atoms with E-state index in [1.54, 1.807) is 7.05 Å². The Morgan fingerprint density at radius 3 is 2.62 bits per heavy atom. The van der Waals surface area contributed by atoms with Crippen LogP contribution in [0, 0.1) is 0 Å². The molecule has 0 aromatic carbocycles. The number of amides is 1. The number of carboxylic acids is 1. The molecule has 0 radical (unpaired) electrons. The molecule has 1 aliphatic rings. The minimum Gasteiger partial charge on any atom is -0.478 e. The first kappa shape index (κ1) is 15.4. The molecule has 114 valence electrons. The van der Waals surface area contributed by atoms with Crippen molar-refractivity contribution in [3.63, 3.8) is 0 Å². The predicted octanol–water partition coefficient (Wildman–Crippen LogP) is -0.367. The third-order valence-corrected chi connectivity index (χ3v) is 4.99. The first-order valence-electron chi connectivity index (χ1n) is 6.26. The van der Waals surface area contributed by atoms with Gasteiger partial charge in [-0.1, -0.05) is 0 Å². The highest BCUT2D eigenvalue weighted by Crippen LogP contribution is 2.16. The molecule has 1 amide bonds. The summed E-state index contributed by atoms with van der Waals surface area (Å²) in [6.45, 7) is 0.484. The van der Waals surface area contributed by atoms with Crippen molar-refractivity contribution in [3.05, 3.63) is 23.9 Å². The van der Waals surface area contributed by atoms with Crippen LogP contribution in [-0.4, -0.2) is 66.3 Å². The van der Waals surface area contributed by atoms with E-state index in [2.05, 4.69) is 4.98 Å². The SMILES string of the molecule is CN1CCCN(S(=O)(=O)c2ccc(C(=O)O)cn2)CC1=O. The van der Waals surface area contributed by atoms with Crippen molar-refractivity contribution in [1.29, 1.82) is 0 Å². The lowest BCUT2D eigenvalue weighted by Crippen LogP contribution is -2.38. The fourth-order valence-corrected chi connectivity index (χ4v) is 3.30. The van der Waals surface area contributed by atoms with Gasteiger partial charge in [-0.25, -0.2) is 18.2 Å². The molecule has 0 unspecified atom stereocenters. The Balaban J connectivity index is 2.28. The summed E-state index contributed by atoms with van der Waals surface area (Å²) in [6.07, 6.45) is 1.52. The minimum atomic E-state index is -3.90. The molecule has 8 nitrogen and oxygen atoms in total. The normalized spacial score (nSPS) is 17.6. The molecule has 21 heavy (non-hydrogen) atoms. The summed E-state index contributed by atoms with van der Waals surface area (Å²) in [4.78, 5) is 27.7. The van der Waals surface area contributed by atoms with E-state index in [1.165, 1.54) is 11.0 Å². The van der Waals surface area contributed by atoms with E-state index in [0.717, 1.165) is 16.6 Å². The molecular formula is C12H15N3O5S. The molecule has 2 heterocycles. The molecule has 0 bridgehead atoms. The van der Waals surface area contributed by atoms with Crippen molar-refractivity contribution < 1.29 is 23.1 Å². The Labute approximate surface area is 122 Å². The first-order valence-corrected chi connectivity index (χ1v) is 7.70. The maximum absolute atomic E-state index is 12.4. The first-order chi connectivity index (χ1) is 9.82. The number of carbonyl (C=O) groups excluding carboxylic acids is 1. The molecule has 1 fully saturated rings. The van der Waals surface area contributed by atoms with E-state index in [-0.39, 0.29) is 29.6 Å². The number of hydrogen-bond acceptors (Lipinski definition) is 5. The van der Waals surface area contributed by atoms with Gasteiger partial charge >= 0.3 is 5.97 Å². The quantitative estimate of drug-likeness (QED) is 0.816. The molecular weight excluding hydrogens is 298 g/mol. The Bertz CT molecular complexity index is 656. The van der Waals surface area contributed by atoms with Crippen LogP contribution in [0.5, 0.6) is 0 Å². The predicted molar refractivity (Wildman–Crippen MR) is 72.2 cm³/mol. The lowest BCUT2D eigenvalue weighted by molar-refractivity contribution is -0.129. The van der Waals surface area contributed by atoms with E-state index in [1.807, 2.05) is 0 Å². The van der Waals surface area contributed by atoms with E-state index < -0.39 is 16.0 Å². The molecule has 1 aromatic heterocycles. The van der Waals surface area contributed by atoms with Crippen LogP contribution in [0.25, 0.3) is 0 Å². The number of aromatic carboxylic acids is 1. The van der Waals surface area contributed by atoms with Crippen molar-refractivity contribution >= 4 is 21.9 Å². The average molecular weight is 313 g/mol. The Kier molecular flexibility index (Phi) is 4.24. The number of aromatic nitrogens is 1. The number of likely N-dealkylation sites (N-methyl/N-ethyl adjacent to an activating group) is 1. The van der Waals surface area contributed by atoms with Crippen LogP contribution >= 0.6 is 0 Å². The second kappa shape index (κ2) is 5.78. The number of carboxylic acid groups (broad SMARTS) is 1. The minimum absolute atomic E-state index is 0.0966. The summed E-state index contributed by atoms with van der Waals surface area (Å²) >= 11 is 0. The molecule has 1 aromatic rings. The zero-order valence-electron chi connectivity index (χ0n) is 11.4. The lowest BCUT2D eigenvalue weighted by Gasteiger charge is -2.18. The molecule has 0 aliphatic carbocycles. The van der Waals surface area contributed by atoms with E-state index in [9.17, 15) is 18.0 Å². The van der Waals surface area contributed by atoms with Crippen LogP contribution in [0.1, 0.15) is 16.8 Å². The van der Waals surface area contributed by atoms with Crippen molar-refractivity contribution in [3.8, 4) is 0 Å². The van der Waals surface area contributed by atoms with Crippen molar-refractivity contribution in [2.45, 2.75) is 11.4 Å². The Morgan fingerprint density at radius 2 is 2.05 bits per heavy atom. The molecule has 0 atom stereocenters. The van der Waals surface area contributed by atoms with E-state index in [4.69, 9.17) is 5.11 Å². The summed E-state index contributed by atoms with van der Waals surface area (Å²) in [5, 5.41) is 8.52. The topological polar surface area (TPSA) is 108 Å². The molecule has 1 aliphatic heterocycles. The zero-order valence-corrected chi connectivity index (χ0v) is 12.2. The highest BCUT2D eigenvalue weighted by Gasteiger charge is 2.30. The third kappa shape index (κ3) is 3.19. The van der Waals surface area contributed by atoms with Crippen LogP contribution in [0.4, 0.5) is 0 Å². The van der Waals surface area contributed by atoms with Gasteiger partial charge in [0.2, 0.25) is 5.91 Å². The van der Waals surface area contributed by atoms with Gasteiger partial charge in [0.25, 0.3) is 10.0 Å². The zero-order chi connectivity index (χ0) is 15.6. The van der Waals surface area contributed by atoms with Gasteiger partial charge in [0.15, 0.2) is 5.03 Å². The summed E-state index contributed by atoms with van der Waals surface area (Å²) in [5.41, 5.74) is -0.0966. The summed E-state index contributed by atoms with van der Waals surface area (Å²) in [7, 11) is -2.28. The van der Waals surface area contributed by atoms with Crippen LogP contribution < -0.4 is 0 Å². The lowest BCUT2D eigenvalue weighted by atomic mass is 10.3. The summed E-state index contributed by atoms with van der Waals surface area (Å²) in [5.74, 6) is -1.46. The number of hydrogen-bond donors (Lipinski definition) is 1. The fourth-order valence-electron chi connectivity index (χ4n) is 1.96. The van der Waals surface area contributed by atoms with E-state index >= 15 is 0 Å². The van der Waals surface area contributed by atoms with Crippen LogP contribution in [0.15, 0.2) is 23.4 Å². The maximum atomic E-state index is 12.4. The van der Waals surface area contributed by atoms with Gasteiger partial charge in [0.1, 0.15) is 0 Å². The van der Waals surface area contributed by atoms with Crippen LogP contribution in [-0.2, 0) is 14.8 Å². The average Bonchev–Trinajstić information content (AvgIpc) is 2.61. The maximum Gasteiger partial charge on any atom is 0.337 e. The van der Waals surface area contributed by atoms with Crippen LogP contribution in [0.3, 0.4) is 0 Å². The molecule has 0 spiro atoms. The second-order valence-electron chi connectivity index (χ2n) is 4.70. The molecule has 1 N–H and O–H groups in total. The summed E-state index contributed by atoms with van der Waals surface area (Å²) in [6, 6.07) is 2.31. The highest BCUT2D eigenvalue weighted by molar-refractivity contribution is 7.89. The third-order valence-electron chi connectivity index (χ3n) is 3.23. The number of nitrogens with zero attached hydrogens (tertiary/aromatic N) is 3. The number of carbonyl (C=O) groups is 2. The van der Waals surface area contributed by atoms with Crippen molar-refractivity contribution in [1.82, 2.24) is 14.2 Å². The van der Waals surface area contributed by atoms with Crippen LogP contribution in [0.2, 0.25) is 0 Å². The van der Waals surface area contributed by atoms with Crippen molar-refractivity contribution in [2.24, 2.45) is 0 Å². The fraction of sp³-hybridized carbons (Fsp3) is 0.417. The van der Waals surface area contributed by atoms with Gasteiger partial charge in [0, 0.05) is 26.3 Å². The standard InChI is InChI=1S/C12H15N3O5S/c1-14-5-2-6-15(8-11(14)16)21(19,20)10-4-3-9(7-13-10)12(17)18/h3-4,7H,2,5-6,8H2,1H3,(H,17,18). The number of pyridine rings is 1. The van der Waals surface area contributed by atoms with Gasteiger partial charge in [-0.05, 0) is 18.6 Å². The molecule has 1 saturated heterocycles. The van der Waals surface area contributed by atoms with Gasteiger partial charge in [-0.2, -0.15) is 4.31 Å². The van der Waals surface area contributed by atoms with Gasteiger partial charge < -0.3 is 10.0 Å².